The van der Waals surface area contributed by atoms with E-state index in [9.17, 15) is 0 Å². The van der Waals surface area contributed by atoms with Crippen molar-refractivity contribution < 1.29 is 0 Å². The number of hydrogen-bond donors (Lipinski definition) is 1. The molecule has 104 valence electrons. The van der Waals surface area contributed by atoms with Crippen molar-refractivity contribution in [1.82, 2.24) is 10.2 Å². The van der Waals surface area contributed by atoms with Crippen LogP contribution in [0.5, 0.6) is 0 Å². The number of nitrogens with zero attached hydrogens (tertiary/aromatic N) is 1. The number of rotatable bonds is 11. The van der Waals surface area contributed by atoms with Crippen molar-refractivity contribution in [1.29, 1.82) is 0 Å². The van der Waals surface area contributed by atoms with Gasteiger partial charge in [-0.05, 0) is 64.3 Å². The van der Waals surface area contributed by atoms with E-state index in [4.69, 9.17) is 0 Å². The van der Waals surface area contributed by atoms with Crippen LogP contribution in [-0.4, -0.2) is 38.1 Å². The van der Waals surface area contributed by atoms with Crippen molar-refractivity contribution in [3.8, 4) is 0 Å². The molecule has 0 aliphatic carbocycles. The highest BCUT2D eigenvalue weighted by atomic mass is 15.1. The van der Waals surface area contributed by atoms with Gasteiger partial charge in [-0.3, -0.25) is 0 Å². The van der Waals surface area contributed by atoms with Crippen molar-refractivity contribution in [3.05, 3.63) is 0 Å². The molecule has 0 atom stereocenters. The summed E-state index contributed by atoms with van der Waals surface area (Å²) in [5.74, 6) is 1.61. The second-order valence-electron chi connectivity index (χ2n) is 6.14. The summed E-state index contributed by atoms with van der Waals surface area (Å²) in [5, 5.41) is 3.50. The van der Waals surface area contributed by atoms with Gasteiger partial charge in [0, 0.05) is 0 Å². The Kier molecular flexibility index (Phi) is 11.0. The molecule has 0 radical (unpaired) electrons. The van der Waals surface area contributed by atoms with Crippen LogP contribution in [0, 0.1) is 11.8 Å². The zero-order valence-corrected chi connectivity index (χ0v) is 12.8. The Hall–Kier alpha value is -0.0800. The fraction of sp³-hybridized carbons (Fsp3) is 1.00. The zero-order valence-electron chi connectivity index (χ0n) is 12.8. The van der Waals surface area contributed by atoms with Crippen LogP contribution >= 0.6 is 0 Å². The molecule has 0 saturated carbocycles. The highest BCUT2D eigenvalue weighted by molar-refractivity contribution is 4.56. The first kappa shape index (κ1) is 16.9. The van der Waals surface area contributed by atoms with Gasteiger partial charge in [-0.25, -0.2) is 0 Å². The van der Waals surface area contributed by atoms with Gasteiger partial charge in [-0.1, -0.05) is 34.1 Å². The van der Waals surface area contributed by atoms with Crippen molar-refractivity contribution >= 4 is 0 Å². The first-order valence-corrected chi connectivity index (χ1v) is 7.41. The average molecular weight is 242 g/mol. The van der Waals surface area contributed by atoms with E-state index in [-0.39, 0.29) is 0 Å². The predicted octanol–water partition coefficient (Wildman–Crippen LogP) is 3.38. The van der Waals surface area contributed by atoms with Gasteiger partial charge in [0.25, 0.3) is 0 Å². The number of nitrogens with one attached hydrogen (secondary N) is 1. The number of unbranched alkanes of at least 4 members (excludes halogenated alkanes) is 2. The second-order valence-corrected chi connectivity index (χ2v) is 6.14. The summed E-state index contributed by atoms with van der Waals surface area (Å²) in [6, 6.07) is 0. The Morgan fingerprint density at radius 3 is 2.18 bits per heavy atom. The lowest BCUT2D eigenvalue weighted by Crippen LogP contribution is -2.23. The highest BCUT2D eigenvalue weighted by Gasteiger charge is 2.00. The summed E-state index contributed by atoms with van der Waals surface area (Å²) in [4.78, 5) is 2.47. The van der Waals surface area contributed by atoms with Crippen molar-refractivity contribution in [3.63, 3.8) is 0 Å². The first-order valence-electron chi connectivity index (χ1n) is 7.41. The molecule has 0 spiro atoms. The topological polar surface area (TPSA) is 15.3 Å². The Balaban J connectivity index is 3.16. The van der Waals surface area contributed by atoms with Gasteiger partial charge in [0.15, 0.2) is 0 Å². The van der Waals surface area contributed by atoms with E-state index in [1.165, 1.54) is 45.3 Å². The average Bonchev–Trinajstić information content (AvgIpc) is 2.24. The zero-order chi connectivity index (χ0) is 13.1. The fourth-order valence-electron chi connectivity index (χ4n) is 1.79. The lowest BCUT2D eigenvalue weighted by atomic mass is 10.1. The third kappa shape index (κ3) is 13.9. The van der Waals surface area contributed by atoms with Gasteiger partial charge in [0.1, 0.15) is 0 Å². The normalized spacial score (nSPS) is 12.0. The monoisotopic (exact) mass is 242 g/mol. The molecule has 0 rings (SSSR count). The van der Waals surface area contributed by atoms with Gasteiger partial charge >= 0.3 is 0 Å². The van der Waals surface area contributed by atoms with E-state index >= 15 is 0 Å². The maximum Gasteiger partial charge on any atom is -0.00194 e. The molecule has 0 fully saturated rings. The summed E-state index contributed by atoms with van der Waals surface area (Å²) in [6.07, 6.45) is 5.35. The highest BCUT2D eigenvalue weighted by Crippen LogP contribution is 2.02. The summed E-state index contributed by atoms with van der Waals surface area (Å²) in [7, 11) is 2.25. The van der Waals surface area contributed by atoms with E-state index in [2.05, 4.69) is 45.0 Å². The van der Waals surface area contributed by atoms with Crippen LogP contribution in [0.15, 0.2) is 0 Å². The minimum absolute atomic E-state index is 0.775. The smallest absolute Gasteiger partial charge is 0.00194 e. The van der Waals surface area contributed by atoms with Gasteiger partial charge in [-0.15, -0.1) is 0 Å². The molecule has 0 aromatic carbocycles. The minimum Gasteiger partial charge on any atom is -0.316 e. The van der Waals surface area contributed by atoms with Crippen molar-refractivity contribution in [2.24, 2.45) is 11.8 Å². The van der Waals surface area contributed by atoms with Crippen LogP contribution in [0.25, 0.3) is 0 Å². The molecule has 0 bridgehead atoms. The van der Waals surface area contributed by atoms with Crippen LogP contribution < -0.4 is 5.32 Å². The predicted molar refractivity (Wildman–Crippen MR) is 78.5 cm³/mol. The molecule has 0 unspecified atom stereocenters. The quantitative estimate of drug-likeness (QED) is 0.559. The largest absolute Gasteiger partial charge is 0.316 e. The van der Waals surface area contributed by atoms with Crippen molar-refractivity contribution in [2.75, 3.05) is 33.2 Å². The lowest BCUT2D eigenvalue weighted by Gasteiger charge is -2.17. The van der Waals surface area contributed by atoms with Gasteiger partial charge in [0.05, 0.1) is 0 Å². The molecule has 0 aromatic rings. The van der Waals surface area contributed by atoms with Crippen LogP contribution in [0.3, 0.4) is 0 Å². The van der Waals surface area contributed by atoms with Gasteiger partial charge in [-0.2, -0.15) is 0 Å². The Bertz CT molecular complexity index is 155. The Labute approximate surface area is 109 Å². The van der Waals surface area contributed by atoms with E-state index < -0.39 is 0 Å². The molecule has 2 heteroatoms. The molecule has 1 N–H and O–H groups in total. The Morgan fingerprint density at radius 2 is 1.59 bits per heavy atom. The fourth-order valence-corrected chi connectivity index (χ4v) is 1.79. The van der Waals surface area contributed by atoms with Crippen LogP contribution in [0.1, 0.15) is 53.4 Å². The molecular formula is C15H34N2. The summed E-state index contributed by atoms with van der Waals surface area (Å²) < 4.78 is 0. The molecule has 0 aromatic heterocycles. The van der Waals surface area contributed by atoms with E-state index in [1.807, 2.05) is 0 Å². The second kappa shape index (κ2) is 11.0. The van der Waals surface area contributed by atoms with Crippen LogP contribution in [0.2, 0.25) is 0 Å². The van der Waals surface area contributed by atoms with Crippen LogP contribution in [0.4, 0.5) is 0 Å². The molecule has 0 aliphatic heterocycles. The molecule has 0 aliphatic rings. The van der Waals surface area contributed by atoms with Gasteiger partial charge in [0.2, 0.25) is 0 Å². The standard InChI is InChI=1S/C15H34N2/c1-14(2)9-12-17(5)11-8-6-7-10-16-13-15(3)4/h14-16H,6-13H2,1-5H3. The molecule has 2 nitrogen and oxygen atoms in total. The van der Waals surface area contributed by atoms with Crippen molar-refractivity contribution in [2.45, 2.75) is 53.4 Å². The molecule has 0 saturated heterocycles. The minimum atomic E-state index is 0.775. The lowest BCUT2D eigenvalue weighted by molar-refractivity contribution is 0.302. The van der Waals surface area contributed by atoms with E-state index in [1.54, 1.807) is 0 Å². The van der Waals surface area contributed by atoms with Crippen LogP contribution in [-0.2, 0) is 0 Å². The Morgan fingerprint density at radius 1 is 0.882 bits per heavy atom. The molecule has 0 heterocycles. The molecular weight excluding hydrogens is 208 g/mol. The summed E-state index contributed by atoms with van der Waals surface area (Å²) >= 11 is 0. The van der Waals surface area contributed by atoms with E-state index in [0.29, 0.717) is 0 Å². The third-order valence-electron chi connectivity index (χ3n) is 3.03. The molecule has 0 amide bonds. The molecule has 17 heavy (non-hydrogen) atoms. The maximum atomic E-state index is 3.50. The summed E-state index contributed by atoms with van der Waals surface area (Å²) in [6.45, 7) is 14.0. The first-order chi connectivity index (χ1) is 8.02. The summed E-state index contributed by atoms with van der Waals surface area (Å²) in [5.41, 5.74) is 0. The maximum absolute atomic E-state index is 3.50. The SMILES string of the molecule is CC(C)CCN(C)CCCCCNCC(C)C. The van der Waals surface area contributed by atoms with E-state index in [0.717, 1.165) is 18.4 Å². The third-order valence-corrected chi connectivity index (χ3v) is 3.03. The van der Waals surface area contributed by atoms with Gasteiger partial charge < -0.3 is 10.2 Å². The number of hydrogen-bond acceptors (Lipinski definition) is 2.